The van der Waals surface area contributed by atoms with Crippen LogP contribution in [0, 0.1) is 16.0 Å². The van der Waals surface area contributed by atoms with Crippen LogP contribution in [-0.2, 0) is 0 Å². The van der Waals surface area contributed by atoms with Gasteiger partial charge in [0.15, 0.2) is 0 Å². The minimum Gasteiger partial charge on any atom is -0.350 e. The van der Waals surface area contributed by atoms with E-state index in [1.807, 2.05) is 6.92 Å². The molecular weight excluding hydrogens is 280 g/mol. The molecule has 0 saturated heterocycles. The quantitative estimate of drug-likeness (QED) is 0.641. The van der Waals surface area contributed by atoms with Gasteiger partial charge in [0.1, 0.15) is 0 Å². The molecule has 1 amide bonds. The van der Waals surface area contributed by atoms with Crippen LogP contribution in [0.1, 0.15) is 44.0 Å². The van der Waals surface area contributed by atoms with Crippen LogP contribution in [0.25, 0.3) is 0 Å². The first-order valence-electron chi connectivity index (χ1n) is 6.56. The van der Waals surface area contributed by atoms with E-state index in [4.69, 9.17) is 11.6 Å². The molecule has 1 N–H and O–H groups in total. The Morgan fingerprint density at radius 1 is 1.35 bits per heavy atom. The third-order valence-electron chi connectivity index (χ3n) is 2.96. The third kappa shape index (κ3) is 4.81. The number of amides is 1. The van der Waals surface area contributed by atoms with Gasteiger partial charge in [-0.3, -0.25) is 14.9 Å². The first-order valence-corrected chi connectivity index (χ1v) is 6.94. The van der Waals surface area contributed by atoms with E-state index in [0.717, 1.165) is 12.8 Å². The van der Waals surface area contributed by atoms with Gasteiger partial charge in [-0.15, -0.1) is 0 Å². The van der Waals surface area contributed by atoms with Crippen molar-refractivity contribution in [1.29, 1.82) is 0 Å². The van der Waals surface area contributed by atoms with Crippen molar-refractivity contribution in [2.75, 3.05) is 0 Å². The smallest absolute Gasteiger partial charge is 0.270 e. The minimum absolute atomic E-state index is 0.0381. The molecule has 0 aliphatic heterocycles. The summed E-state index contributed by atoms with van der Waals surface area (Å²) in [5.74, 6) is 0.276. The molecular formula is C14H19ClN2O3. The van der Waals surface area contributed by atoms with Gasteiger partial charge in [-0.05, 0) is 31.7 Å². The van der Waals surface area contributed by atoms with Gasteiger partial charge < -0.3 is 5.32 Å². The Balaban J connectivity index is 2.70. The maximum absolute atomic E-state index is 12.0. The lowest BCUT2D eigenvalue weighted by Crippen LogP contribution is -2.32. The SMILES string of the molecule is CC(C)CC[C@@H](C)NC(=O)c1ccc([N+](=O)[O-])cc1Cl. The molecule has 1 rings (SSSR count). The highest BCUT2D eigenvalue weighted by Crippen LogP contribution is 2.22. The van der Waals surface area contributed by atoms with Gasteiger partial charge in [0.25, 0.3) is 11.6 Å². The lowest BCUT2D eigenvalue weighted by Gasteiger charge is -2.15. The number of non-ortho nitro benzene ring substituents is 1. The largest absolute Gasteiger partial charge is 0.350 e. The van der Waals surface area contributed by atoms with Crippen molar-refractivity contribution >= 4 is 23.2 Å². The number of halogens is 1. The van der Waals surface area contributed by atoms with Gasteiger partial charge >= 0.3 is 0 Å². The Morgan fingerprint density at radius 2 is 2.00 bits per heavy atom. The van der Waals surface area contributed by atoms with Crippen molar-refractivity contribution < 1.29 is 9.72 Å². The van der Waals surface area contributed by atoms with E-state index in [0.29, 0.717) is 5.92 Å². The Bertz CT molecular complexity index is 503. The van der Waals surface area contributed by atoms with Gasteiger partial charge in [-0.1, -0.05) is 25.4 Å². The fraction of sp³-hybridized carbons (Fsp3) is 0.500. The number of hydrogen-bond acceptors (Lipinski definition) is 3. The fourth-order valence-electron chi connectivity index (χ4n) is 1.76. The molecule has 0 bridgehead atoms. The number of nitro groups is 1. The number of carbonyl (C=O) groups is 1. The molecule has 1 aromatic carbocycles. The maximum Gasteiger partial charge on any atom is 0.270 e. The Morgan fingerprint density at radius 3 is 2.50 bits per heavy atom. The van der Waals surface area contributed by atoms with Crippen molar-refractivity contribution in [3.8, 4) is 0 Å². The van der Waals surface area contributed by atoms with E-state index in [1.165, 1.54) is 18.2 Å². The molecule has 110 valence electrons. The van der Waals surface area contributed by atoms with Crippen LogP contribution in [0.15, 0.2) is 18.2 Å². The molecule has 0 spiro atoms. The molecule has 0 unspecified atom stereocenters. The molecule has 0 saturated carbocycles. The van der Waals surface area contributed by atoms with E-state index >= 15 is 0 Å². The topological polar surface area (TPSA) is 72.2 Å². The number of nitro benzene ring substituents is 1. The zero-order valence-electron chi connectivity index (χ0n) is 11.9. The lowest BCUT2D eigenvalue weighted by molar-refractivity contribution is -0.384. The van der Waals surface area contributed by atoms with Crippen LogP contribution >= 0.6 is 11.6 Å². The van der Waals surface area contributed by atoms with Crippen LogP contribution in [0.4, 0.5) is 5.69 Å². The van der Waals surface area contributed by atoms with E-state index < -0.39 is 4.92 Å². The summed E-state index contributed by atoms with van der Waals surface area (Å²) in [5.41, 5.74) is 0.132. The van der Waals surface area contributed by atoms with E-state index in [2.05, 4.69) is 19.2 Å². The number of benzene rings is 1. The summed E-state index contributed by atoms with van der Waals surface area (Å²) in [6, 6.07) is 3.89. The van der Waals surface area contributed by atoms with Crippen molar-refractivity contribution in [3.05, 3.63) is 38.9 Å². The summed E-state index contributed by atoms with van der Waals surface area (Å²) in [4.78, 5) is 22.1. The molecule has 0 aliphatic rings. The molecule has 6 heteroatoms. The van der Waals surface area contributed by atoms with Crippen molar-refractivity contribution in [2.24, 2.45) is 5.92 Å². The maximum atomic E-state index is 12.0. The Hall–Kier alpha value is -1.62. The highest BCUT2D eigenvalue weighted by atomic mass is 35.5. The summed E-state index contributed by atoms with van der Waals surface area (Å²) in [5, 5.41) is 13.5. The lowest BCUT2D eigenvalue weighted by atomic mass is 10.0. The van der Waals surface area contributed by atoms with Crippen molar-refractivity contribution in [2.45, 2.75) is 39.7 Å². The molecule has 0 aliphatic carbocycles. The molecule has 20 heavy (non-hydrogen) atoms. The summed E-state index contributed by atoms with van der Waals surface area (Å²) >= 11 is 5.91. The zero-order chi connectivity index (χ0) is 15.3. The number of nitrogens with one attached hydrogen (secondary N) is 1. The molecule has 0 heterocycles. The highest BCUT2D eigenvalue weighted by molar-refractivity contribution is 6.34. The number of carbonyl (C=O) groups excluding carboxylic acids is 1. The van der Waals surface area contributed by atoms with Crippen molar-refractivity contribution in [3.63, 3.8) is 0 Å². The van der Waals surface area contributed by atoms with Crippen LogP contribution < -0.4 is 5.32 Å². The van der Waals surface area contributed by atoms with Gasteiger partial charge in [0, 0.05) is 18.2 Å². The van der Waals surface area contributed by atoms with Crippen LogP contribution in [0.5, 0.6) is 0 Å². The standard InChI is InChI=1S/C14H19ClN2O3/c1-9(2)4-5-10(3)16-14(18)12-7-6-11(17(19)20)8-13(12)15/h6-10H,4-5H2,1-3H3,(H,16,18)/t10-/m1/s1. The number of nitrogens with zero attached hydrogens (tertiary/aromatic N) is 1. The minimum atomic E-state index is -0.543. The predicted molar refractivity (Wildman–Crippen MR) is 79.1 cm³/mol. The summed E-state index contributed by atoms with van der Waals surface area (Å²) in [6.07, 6.45) is 1.91. The normalized spacial score (nSPS) is 12.2. The second kappa shape index (κ2) is 7.24. The van der Waals surface area contributed by atoms with E-state index in [-0.39, 0.29) is 28.2 Å². The summed E-state index contributed by atoms with van der Waals surface area (Å²) < 4.78 is 0. The zero-order valence-corrected chi connectivity index (χ0v) is 12.6. The van der Waals surface area contributed by atoms with Crippen LogP contribution in [0.3, 0.4) is 0 Å². The van der Waals surface area contributed by atoms with E-state index in [1.54, 1.807) is 0 Å². The third-order valence-corrected chi connectivity index (χ3v) is 3.28. The molecule has 1 aromatic rings. The van der Waals surface area contributed by atoms with E-state index in [9.17, 15) is 14.9 Å². The Labute approximate surface area is 123 Å². The van der Waals surface area contributed by atoms with Gasteiger partial charge in [0.2, 0.25) is 0 Å². The van der Waals surface area contributed by atoms with Gasteiger partial charge in [-0.25, -0.2) is 0 Å². The fourth-order valence-corrected chi connectivity index (χ4v) is 2.02. The monoisotopic (exact) mass is 298 g/mol. The molecule has 0 aromatic heterocycles. The number of hydrogen-bond donors (Lipinski definition) is 1. The summed E-state index contributed by atoms with van der Waals surface area (Å²) in [6.45, 7) is 6.18. The number of rotatable bonds is 6. The van der Waals surface area contributed by atoms with Crippen LogP contribution in [-0.4, -0.2) is 16.9 Å². The summed E-state index contributed by atoms with van der Waals surface area (Å²) in [7, 11) is 0. The highest BCUT2D eigenvalue weighted by Gasteiger charge is 2.16. The second-order valence-electron chi connectivity index (χ2n) is 5.27. The first-order chi connectivity index (χ1) is 9.31. The molecule has 0 radical (unpaired) electrons. The Kier molecular flexibility index (Phi) is 5.95. The van der Waals surface area contributed by atoms with Crippen LogP contribution in [0.2, 0.25) is 5.02 Å². The second-order valence-corrected chi connectivity index (χ2v) is 5.67. The average molecular weight is 299 g/mol. The molecule has 1 atom stereocenters. The van der Waals surface area contributed by atoms with Gasteiger partial charge in [0.05, 0.1) is 15.5 Å². The molecule has 5 nitrogen and oxygen atoms in total. The molecule has 0 fully saturated rings. The average Bonchev–Trinajstić information content (AvgIpc) is 2.35. The van der Waals surface area contributed by atoms with Crippen molar-refractivity contribution in [1.82, 2.24) is 5.32 Å². The van der Waals surface area contributed by atoms with Gasteiger partial charge in [-0.2, -0.15) is 0 Å². The predicted octanol–water partition coefficient (Wildman–Crippen LogP) is 3.80. The first kappa shape index (κ1) is 16.4.